The standard InChI is InChI=1S/C15H24N2S/c1-13(2)5-8-17-9-6-14(7-10-17)16-12-15-4-3-11-18-15/h3-5,11,14,16H,6-10,12H2,1-2H3. The van der Waals surface area contributed by atoms with E-state index in [4.69, 9.17) is 0 Å². The summed E-state index contributed by atoms with van der Waals surface area (Å²) >= 11 is 1.84. The van der Waals surface area contributed by atoms with Crippen LogP contribution in [-0.4, -0.2) is 30.6 Å². The monoisotopic (exact) mass is 264 g/mol. The van der Waals surface area contributed by atoms with Gasteiger partial charge in [0.15, 0.2) is 0 Å². The lowest BCUT2D eigenvalue weighted by Crippen LogP contribution is -2.42. The zero-order chi connectivity index (χ0) is 12.8. The van der Waals surface area contributed by atoms with Crippen LogP contribution in [0.5, 0.6) is 0 Å². The minimum absolute atomic E-state index is 0.704. The Morgan fingerprint density at radius 3 is 2.83 bits per heavy atom. The molecule has 0 bridgehead atoms. The summed E-state index contributed by atoms with van der Waals surface area (Å²) in [5.74, 6) is 0. The maximum Gasteiger partial charge on any atom is 0.0302 e. The molecule has 2 rings (SSSR count). The van der Waals surface area contributed by atoms with Crippen LogP contribution < -0.4 is 5.32 Å². The number of hydrogen-bond acceptors (Lipinski definition) is 3. The lowest BCUT2D eigenvalue weighted by molar-refractivity contribution is 0.214. The molecule has 0 aliphatic carbocycles. The molecule has 1 aromatic rings. The molecule has 0 saturated carbocycles. The molecule has 2 heterocycles. The Morgan fingerprint density at radius 2 is 2.22 bits per heavy atom. The van der Waals surface area contributed by atoms with Crippen molar-refractivity contribution in [2.45, 2.75) is 39.3 Å². The summed E-state index contributed by atoms with van der Waals surface area (Å²) in [6, 6.07) is 5.04. The highest BCUT2D eigenvalue weighted by Gasteiger charge is 2.17. The highest BCUT2D eigenvalue weighted by Crippen LogP contribution is 2.13. The molecule has 0 aromatic carbocycles. The Hall–Kier alpha value is -0.640. The van der Waals surface area contributed by atoms with Crippen molar-refractivity contribution in [2.24, 2.45) is 0 Å². The zero-order valence-corrected chi connectivity index (χ0v) is 12.3. The van der Waals surface area contributed by atoms with Crippen LogP contribution in [0.25, 0.3) is 0 Å². The molecule has 1 aliphatic rings. The van der Waals surface area contributed by atoms with Crippen LogP contribution in [0.2, 0.25) is 0 Å². The Bertz CT molecular complexity index is 358. The molecule has 18 heavy (non-hydrogen) atoms. The van der Waals surface area contributed by atoms with Crippen LogP contribution in [0.3, 0.4) is 0 Å². The second kappa shape index (κ2) is 7.07. The number of likely N-dealkylation sites (tertiary alicyclic amines) is 1. The second-order valence-electron chi connectivity index (χ2n) is 5.32. The molecule has 1 aromatic heterocycles. The van der Waals surface area contributed by atoms with Crippen molar-refractivity contribution >= 4 is 11.3 Å². The third-order valence-electron chi connectivity index (χ3n) is 3.49. The Kier molecular flexibility index (Phi) is 5.42. The summed E-state index contributed by atoms with van der Waals surface area (Å²) in [6.45, 7) is 8.97. The molecule has 100 valence electrons. The van der Waals surface area contributed by atoms with E-state index < -0.39 is 0 Å². The molecule has 0 spiro atoms. The van der Waals surface area contributed by atoms with Gasteiger partial charge in [0.25, 0.3) is 0 Å². The topological polar surface area (TPSA) is 15.3 Å². The Balaban J connectivity index is 1.65. The van der Waals surface area contributed by atoms with E-state index in [1.165, 1.54) is 36.4 Å². The first-order valence-corrected chi connectivity index (χ1v) is 7.73. The van der Waals surface area contributed by atoms with Crippen molar-refractivity contribution in [3.63, 3.8) is 0 Å². The van der Waals surface area contributed by atoms with Crippen molar-refractivity contribution in [1.29, 1.82) is 0 Å². The highest BCUT2D eigenvalue weighted by molar-refractivity contribution is 7.09. The van der Waals surface area contributed by atoms with E-state index in [0.717, 1.165) is 13.1 Å². The second-order valence-corrected chi connectivity index (χ2v) is 6.35. The first kappa shape index (κ1) is 13.8. The SMILES string of the molecule is CC(C)=CCN1CCC(NCc2cccs2)CC1. The van der Waals surface area contributed by atoms with Gasteiger partial charge in [0.1, 0.15) is 0 Å². The lowest BCUT2D eigenvalue weighted by atomic mass is 10.0. The first-order chi connectivity index (χ1) is 8.74. The number of nitrogens with one attached hydrogen (secondary N) is 1. The van der Waals surface area contributed by atoms with Gasteiger partial charge in [-0.3, -0.25) is 4.90 Å². The van der Waals surface area contributed by atoms with E-state index in [1.54, 1.807) is 0 Å². The summed E-state index contributed by atoms with van der Waals surface area (Å²) in [7, 11) is 0. The van der Waals surface area contributed by atoms with Crippen LogP contribution in [0.4, 0.5) is 0 Å². The maximum atomic E-state index is 3.68. The molecular weight excluding hydrogens is 240 g/mol. The van der Waals surface area contributed by atoms with Crippen molar-refractivity contribution < 1.29 is 0 Å². The van der Waals surface area contributed by atoms with E-state index in [-0.39, 0.29) is 0 Å². The van der Waals surface area contributed by atoms with Gasteiger partial charge in [-0.15, -0.1) is 11.3 Å². The molecule has 1 saturated heterocycles. The van der Waals surface area contributed by atoms with Crippen molar-refractivity contribution in [3.8, 4) is 0 Å². The van der Waals surface area contributed by atoms with Crippen LogP contribution in [-0.2, 0) is 6.54 Å². The quantitative estimate of drug-likeness (QED) is 0.821. The van der Waals surface area contributed by atoms with Gasteiger partial charge in [-0.1, -0.05) is 17.7 Å². The predicted octanol–water partition coefficient (Wildman–Crippen LogP) is 3.27. The molecule has 0 atom stereocenters. The molecule has 0 unspecified atom stereocenters. The lowest BCUT2D eigenvalue weighted by Gasteiger charge is -2.31. The van der Waals surface area contributed by atoms with Gasteiger partial charge in [-0.2, -0.15) is 0 Å². The third-order valence-corrected chi connectivity index (χ3v) is 4.37. The minimum Gasteiger partial charge on any atom is -0.309 e. The van der Waals surface area contributed by atoms with Gasteiger partial charge in [-0.05, 0) is 51.2 Å². The van der Waals surface area contributed by atoms with Gasteiger partial charge in [0, 0.05) is 24.0 Å². The molecule has 1 N–H and O–H groups in total. The van der Waals surface area contributed by atoms with E-state index in [0.29, 0.717) is 6.04 Å². The predicted molar refractivity (Wildman–Crippen MR) is 80.1 cm³/mol. The smallest absolute Gasteiger partial charge is 0.0302 e. The van der Waals surface area contributed by atoms with Crippen LogP contribution >= 0.6 is 11.3 Å². The number of thiophene rings is 1. The maximum absolute atomic E-state index is 3.68. The average molecular weight is 264 g/mol. The fourth-order valence-electron chi connectivity index (χ4n) is 2.29. The first-order valence-electron chi connectivity index (χ1n) is 6.85. The summed E-state index contributed by atoms with van der Waals surface area (Å²) in [4.78, 5) is 4.00. The number of hydrogen-bond donors (Lipinski definition) is 1. The van der Waals surface area contributed by atoms with E-state index in [9.17, 15) is 0 Å². The summed E-state index contributed by atoms with van der Waals surface area (Å²) < 4.78 is 0. The average Bonchev–Trinajstić information content (AvgIpc) is 2.88. The fraction of sp³-hybridized carbons (Fsp3) is 0.600. The molecule has 1 aliphatic heterocycles. The molecular formula is C15H24N2S. The normalized spacial score (nSPS) is 17.9. The summed E-state index contributed by atoms with van der Waals surface area (Å²) in [5.41, 5.74) is 1.42. The minimum atomic E-state index is 0.704. The number of piperidine rings is 1. The molecule has 2 nitrogen and oxygen atoms in total. The summed E-state index contributed by atoms with van der Waals surface area (Å²) in [6.07, 6.45) is 4.89. The highest BCUT2D eigenvalue weighted by atomic mass is 32.1. The zero-order valence-electron chi connectivity index (χ0n) is 11.5. The molecule has 1 fully saturated rings. The van der Waals surface area contributed by atoms with Crippen molar-refractivity contribution in [2.75, 3.05) is 19.6 Å². The van der Waals surface area contributed by atoms with Gasteiger partial charge >= 0.3 is 0 Å². The third kappa shape index (κ3) is 4.56. The van der Waals surface area contributed by atoms with E-state index >= 15 is 0 Å². The van der Waals surface area contributed by atoms with Gasteiger partial charge in [0.2, 0.25) is 0 Å². The van der Waals surface area contributed by atoms with Gasteiger partial charge in [-0.25, -0.2) is 0 Å². The molecule has 0 amide bonds. The van der Waals surface area contributed by atoms with Crippen LogP contribution in [0.15, 0.2) is 29.2 Å². The summed E-state index contributed by atoms with van der Waals surface area (Å²) in [5, 5.41) is 5.83. The fourth-order valence-corrected chi connectivity index (χ4v) is 2.95. The Labute approximate surface area is 115 Å². The van der Waals surface area contributed by atoms with E-state index in [2.05, 4.69) is 47.7 Å². The Morgan fingerprint density at radius 1 is 1.44 bits per heavy atom. The number of rotatable bonds is 5. The van der Waals surface area contributed by atoms with Gasteiger partial charge in [0.05, 0.1) is 0 Å². The number of nitrogens with zero attached hydrogens (tertiary/aromatic N) is 1. The largest absolute Gasteiger partial charge is 0.309 e. The molecule has 0 radical (unpaired) electrons. The van der Waals surface area contributed by atoms with E-state index in [1.807, 2.05) is 11.3 Å². The van der Waals surface area contributed by atoms with Crippen LogP contribution in [0, 0.1) is 0 Å². The van der Waals surface area contributed by atoms with Crippen molar-refractivity contribution in [3.05, 3.63) is 34.0 Å². The van der Waals surface area contributed by atoms with Crippen LogP contribution in [0.1, 0.15) is 31.6 Å². The van der Waals surface area contributed by atoms with Crippen molar-refractivity contribution in [1.82, 2.24) is 10.2 Å². The number of allylic oxidation sites excluding steroid dienone is 1. The van der Waals surface area contributed by atoms with Gasteiger partial charge < -0.3 is 5.32 Å². The molecule has 3 heteroatoms.